The summed E-state index contributed by atoms with van der Waals surface area (Å²) in [5.74, 6) is -10.2. The topological polar surface area (TPSA) is 190 Å². The number of hydrogen-bond acceptors (Lipinski definition) is 14. The molecule has 2 N–H and O–H groups in total. The number of aliphatic hydroxyl groups is 2. The van der Waals surface area contributed by atoms with E-state index < -0.39 is 70.1 Å². The van der Waals surface area contributed by atoms with Crippen molar-refractivity contribution in [3.05, 3.63) is 0 Å². The van der Waals surface area contributed by atoms with Gasteiger partial charge in [0.25, 0.3) is 0 Å². The number of hydrogen-bond donors (Lipinski definition) is 2. The minimum absolute atomic E-state index is 0.0197. The van der Waals surface area contributed by atoms with Gasteiger partial charge >= 0.3 is 47.7 Å². The number of carbonyl (C=O) groups excluding carboxylic acids is 5. The summed E-state index contributed by atoms with van der Waals surface area (Å²) in [6.45, 7) is 23.4. The number of rotatable bonds is 13. The van der Waals surface area contributed by atoms with E-state index >= 15 is 0 Å². The van der Waals surface area contributed by atoms with Gasteiger partial charge in [0.05, 0.1) is 45.9 Å². The zero-order valence-electron chi connectivity index (χ0n) is 45.7. The Bertz CT molecular complexity index is 2010. The summed E-state index contributed by atoms with van der Waals surface area (Å²) >= 11 is 0. The fourth-order valence-electron chi connectivity index (χ4n) is 11.2. The van der Waals surface area contributed by atoms with Gasteiger partial charge in [0.1, 0.15) is 17.3 Å². The lowest BCUT2D eigenvalue weighted by Crippen LogP contribution is -2.63. The molecule has 19 heteroatoms. The Hall–Kier alpha value is -3.16. The lowest BCUT2D eigenvalue weighted by atomic mass is 9.52. The average molecular weight is 1050 g/mol. The van der Waals surface area contributed by atoms with E-state index in [-0.39, 0.29) is 65.0 Å². The second-order valence-corrected chi connectivity index (χ2v) is 25.2. The van der Waals surface area contributed by atoms with Crippen molar-refractivity contribution in [2.45, 2.75) is 264 Å². The molecule has 0 radical (unpaired) electrons. The second-order valence-electron chi connectivity index (χ2n) is 25.2. The van der Waals surface area contributed by atoms with Crippen molar-refractivity contribution in [2.75, 3.05) is 6.61 Å². The minimum Gasteiger partial charge on any atom is -0.459 e. The van der Waals surface area contributed by atoms with E-state index in [4.69, 9.17) is 23.7 Å². The summed E-state index contributed by atoms with van der Waals surface area (Å²) in [5.41, 5.74) is -6.37. The van der Waals surface area contributed by atoms with Gasteiger partial charge < -0.3 is 43.4 Å². The van der Waals surface area contributed by atoms with Crippen LogP contribution in [0.5, 0.6) is 0 Å². The summed E-state index contributed by atoms with van der Waals surface area (Å²) in [5, 5.41) is 19.8. The lowest BCUT2D eigenvalue weighted by Gasteiger charge is -2.59. The van der Waals surface area contributed by atoms with Crippen LogP contribution in [0.2, 0.25) is 0 Å². The lowest BCUT2D eigenvalue weighted by molar-refractivity contribution is -0.409. The van der Waals surface area contributed by atoms with Crippen LogP contribution in [-0.4, -0.2) is 111 Å². The van der Waals surface area contributed by atoms with Crippen molar-refractivity contribution in [3.8, 4) is 0 Å². The van der Waals surface area contributed by atoms with Crippen LogP contribution in [0.1, 0.15) is 200 Å². The highest BCUT2D eigenvalue weighted by Gasteiger charge is 2.83. The van der Waals surface area contributed by atoms with E-state index in [9.17, 15) is 56.1 Å². The number of fused-ring (bicyclic) bond motifs is 1. The molecule has 9 fully saturated rings. The first-order valence-electron chi connectivity index (χ1n) is 26.6. The molecule has 4 heterocycles. The molecule has 6 bridgehead atoms. The molecule has 5 saturated carbocycles. The maximum absolute atomic E-state index is 14.0. The molecule has 0 aromatic heterocycles. The SMILES string of the molecule is CCC(C)(C)C(=O)OC1(C)COC(O)(C(F)(F)F)C1(F)F.CCC(C)(C)C(=O)OC12CC3CC(CC(O)(C3)C1)C2.CCC(C)(C)C(=O)OC1C2CC3C(=O)OC1C3O2.CCC1(OC(=O)C(C)(C)CC)CCCC1. The third-order valence-corrected chi connectivity index (χ3v) is 17.9. The van der Waals surface area contributed by atoms with E-state index in [1.807, 2.05) is 62.3 Å². The standard InChI is InChI=1S/C16H26O3.C13H18O5.C13H24O2.C12H17F5O4/c1-4-14(2,3)13(17)19-16-8-11-5-12(9-16)7-15(18,6-11)10-16;1-4-13(2,3)12(15)18-9-7-5-6-8(16-7)10(9)17-11(6)14;1-5-12(3,4)11(14)15-13(6-2)9-7-8-10-13;1-5-8(2,3)7(18)21-9(4)6-20-11(19,10(9,13)14)12(15,16)17/h11-12,18H,4-10H2,1-3H3;6-10H,4-5H2,1-3H3;5-10H2,1-4H3;19H,5-6H2,1-4H3. The molecule has 5 aliphatic carbocycles. The maximum Gasteiger partial charge on any atom is 0.449 e. The Balaban J connectivity index is 0.000000182. The van der Waals surface area contributed by atoms with Crippen LogP contribution >= 0.6 is 0 Å². The van der Waals surface area contributed by atoms with E-state index in [0.29, 0.717) is 38.0 Å². The number of halogens is 5. The highest BCUT2D eigenvalue weighted by molar-refractivity contribution is 5.79. The van der Waals surface area contributed by atoms with Crippen LogP contribution in [-0.2, 0) is 57.1 Å². The molecule has 0 aromatic carbocycles. The number of esters is 5. The molecule has 4 saturated heterocycles. The molecule has 0 aromatic rings. The van der Waals surface area contributed by atoms with Gasteiger partial charge in [0.2, 0.25) is 5.60 Å². The first-order chi connectivity index (χ1) is 33.3. The quantitative estimate of drug-likeness (QED) is 0.101. The van der Waals surface area contributed by atoms with Crippen LogP contribution in [0.25, 0.3) is 0 Å². The molecular weight excluding hydrogens is 968 g/mol. The fourth-order valence-corrected chi connectivity index (χ4v) is 11.2. The number of ether oxygens (including phenoxy) is 7. The highest BCUT2D eigenvalue weighted by atomic mass is 19.4. The highest BCUT2D eigenvalue weighted by Crippen LogP contribution is 2.60. The summed E-state index contributed by atoms with van der Waals surface area (Å²) < 4.78 is 103. The second kappa shape index (κ2) is 21.0. The van der Waals surface area contributed by atoms with Crippen LogP contribution in [0.15, 0.2) is 0 Å². The summed E-state index contributed by atoms with van der Waals surface area (Å²) in [6, 6.07) is 0. The molecule has 9 unspecified atom stereocenters. The van der Waals surface area contributed by atoms with Crippen LogP contribution < -0.4 is 0 Å². The normalized spacial score (nSPS) is 35.4. The van der Waals surface area contributed by atoms with Crippen molar-refractivity contribution < 1.29 is 89.3 Å². The first kappa shape index (κ1) is 60.7. The summed E-state index contributed by atoms with van der Waals surface area (Å²) in [7, 11) is 0. The number of alkyl halides is 5. The Morgan fingerprint density at radius 2 is 1.14 bits per heavy atom. The molecule has 9 rings (SSSR count). The summed E-state index contributed by atoms with van der Waals surface area (Å²) in [6.07, 6.45) is 7.39. The van der Waals surface area contributed by atoms with Gasteiger partial charge in [-0.25, -0.2) is 0 Å². The molecule has 4 aliphatic heterocycles. The van der Waals surface area contributed by atoms with Crippen LogP contribution in [0.4, 0.5) is 22.0 Å². The van der Waals surface area contributed by atoms with Crippen LogP contribution in [0, 0.1) is 39.4 Å². The third kappa shape index (κ3) is 12.0. The Labute approximate surface area is 428 Å². The molecular formula is C54H85F5O14. The van der Waals surface area contributed by atoms with Crippen molar-refractivity contribution >= 4 is 29.8 Å². The van der Waals surface area contributed by atoms with E-state index in [0.717, 1.165) is 57.8 Å². The predicted molar refractivity (Wildman–Crippen MR) is 255 cm³/mol. The predicted octanol–water partition coefficient (Wildman–Crippen LogP) is 10.4. The van der Waals surface area contributed by atoms with Crippen molar-refractivity contribution in [2.24, 2.45) is 39.4 Å². The van der Waals surface area contributed by atoms with Crippen LogP contribution in [0.3, 0.4) is 0 Å². The average Bonchev–Trinajstić information content (AvgIpc) is 4.10. The van der Waals surface area contributed by atoms with Gasteiger partial charge in [-0.15, -0.1) is 0 Å². The first-order valence-corrected chi connectivity index (χ1v) is 26.6. The fraction of sp³-hybridized carbons (Fsp3) is 0.907. The summed E-state index contributed by atoms with van der Waals surface area (Å²) in [4.78, 5) is 59.8. The van der Waals surface area contributed by atoms with Gasteiger partial charge in [0, 0.05) is 6.42 Å². The van der Waals surface area contributed by atoms with E-state index in [1.54, 1.807) is 6.92 Å². The Kier molecular flexibility index (Phi) is 17.5. The molecule has 73 heavy (non-hydrogen) atoms. The molecule has 0 amide bonds. The van der Waals surface area contributed by atoms with E-state index in [2.05, 4.69) is 16.4 Å². The van der Waals surface area contributed by atoms with Gasteiger partial charge in [-0.05, 0) is 170 Å². The monoisotopic (exact) mass is 1050 g/mol. The number of carbonyl (C=O) groups is 5. The van der Waals surface area contributed by atoms with Gasteiger partial charge in [-0.1, -0.05) is 34.6 Å². The Morgan fingerprint density at radius 3 is 1.58 bits per heavy atom. The molecule has 9 atom stereocenters. The minimum atomic E-state index is -5.74. The Morgan fingerprint density at radius 1 is 0.671 bits per heavy atom. The maximum atomic E-state index is 14.0. The smallest absolute Gasteiger partial charge is 0.449 e. The van der Waals surface area contributed by atoms with Crippen molar-refractivity contribution in [1.82, 2.24) is 0 Å². The van der Waals surface area contributed by atoms with Gasteiger partial charge in [-0.3, -0.25) is 24.0 Å². The zero-order chi connectivity index (χ0) is 55.4. The molecule has 14 nitrogen and oxygen atoms in total. The molecule has 0 spiro atoms. The van der Waals surface area contributed by atoms with E-state index in [1.165, 1.54) is 33.1 Å². The van der Waals surface area contributed by atoms with Gasteiger partial charge in [0.15, 0.2) is 12.2 Å². The van der Waals surface area contributed by atoms with Gasteiger partial charge in [-0.2, -0.15) is 22.0 Å². The zero-order valence-corrected chi connectivity index (χ0v) is 45.7. The molecule has 420 valence electrons. The van der Waals surface area contributed by atoms with Crippen molar-refractivity contribution in [3.63, 3.8) is 0 Å². The van der Waals surface area contributed by atoms with Crippen molar-refractivity contribution in [1.29, 1.82) is 0 Å². The molecule has 9 aliphatic rings. The third-order valence-electron chi connectivity index (χ3n) is 17.9. The largest absolute Gasteiger partial charge is 0.459 e.